The molecule has 7 nitrogen and oxygen atoms in total. The fraction of sp³-hybridized carbons (Fsp3) is 0.273. The number of ether oxygens (including phenoxy) is 1. The van der Waals surface area contributed by atoms with Gasteiger partial charge in [0.1, 0.15) is 0 Å². The first kappa shape index (κ1) is 23.3. The molecular formula is C22H18F5N5O2. The fourth-order valence-corrected chi connectivity index (χ4v) is 3.15. The summed E-state index contributed by atoms with van der Waals surface area (Å²) in [7, 11) is 0. The van der Waals surface area contributed by atoms with E-state index in [4.69, 9.17) is 5.73 Å². The van der Waals surface area contributed by atoms with Crippen LogP contribution in [0.25, 0.3) is 11.4 Å². The van der Waals surface area contributed by atoms with Crippen LogP contribution in [0.4, 0.5) is 33.6 Å². The first-order valence-corrected chi connectivity index (χ1v) is 10.1. The molecule has 4 rings (SSSR count). The molecule has 0 bridgehead atoms. The molecule has 0 aliphatic heterocycles. The predicted molar refractivity (Wildman–Crippen MR) is 112 cm³/mol. The van der Waals surface area contributed by atoms with Gasteiger partial charge in [0.25, 0.3) is 5.92 Å². The summed E-state index contributed by atoms with van der Waals surface area (Å²) in [4.78, 5) is 23.1. The van der Waals surface area contributed by atoms with E-state index in [2.05, 4.69) is 25.0 Å². The number of carbonyl (C=O) groups is 1. The summed E-state index contributed by atoms with van der Waals surface area (Å²) in [5.74, 6) is -4.65. The molecule has 2 aromatic carbocycles. The first-order chi connectivity index (χ1) is 16.0. The van der Waals surface area contributed by atoms with Crippen LogP contribution in [0.15, 0.2) is 48.5 Å². The molecule has 34 heavy (non-hydrogen) atoms. The van der Waals surface area contributed by atoms with Crippen molar-refractivity contribution in [1.82, 2.24) is 15.0 Å². The van der Waals surface area contributed by atoms with Gasteiger partial charge in [0.2, 0.25) is 11.9 Å². The highest BCUT2D eigenvalue weighted by atomic mass is 19.4. The number of amides is 1. The van der Waals surface area contributed by atoms with E-state index in [0.29, 0.717) is 18.4 Å². The Morgan fingerprint density at radius 2 is 1.74 bits per heavy atom. The third-order valence-electron chi connectivity index (χ3n) is 5.00. The molecule has 3 N–H and O–H groups in total. The van der Waals surface area contributed by atoms with Gasteiger partial charge in [0.15, 0.2) is 12.4 Å². The van der Waals surface area contributed by atoms with Gasteiger partial charge in [-0.15, -0.1) is 0 Å². The largest absolute Gasteiger partial charge is 0.454 e. The Morgan fingerprint density at radius 3 is 2.35 bits per heavy atom. The number of primary amides is 1. The molecule has 0 radical (unpaired) electrons. The normalized spacial score (nSPS) is 14.0. The second-order valence-corrected chi connectivity index (χ2v) is 7.71. The van der Waals surface area contributed by atoms with Crippen LogP contribution >= 0.6 is 0 Å². The van der Waals surface area contributed by atoms with Crippen molar-refractivity contribution in [3.8, 4) is 17.4 Å². The molecule has 0 unspecified atom stereocenters. The maximum Gasteiger partial charge on any atom is 0.422 e. The monoisotopic (exact) mass is 479 g/mol. The van der Waals surface area contributed by atoms with Gasteiger partial charge in [-0.25, -0.2) is 8.78 Å². The second-order valence-electron chi connectivity index (χ2n) is 7.71. The Bertz CT molecular complexity index is 1200. The van der Waals surface area contributed by atoms with Gasteiger partial charge in [-0.3, -0.25) is 4.79 Å². The number of aromatic nitrogens is 3. The summed E-state index contributed by atoms with van der Waals surface area (Å²) >= 11 is 0. The lowest BCUT2D eigenvalue weighted by atomic mass is 10.0. The van der Waals surface area contributed by atoms with Crippen molar-refractivity contribution in [2.75, 3.05) is 11.9 Å². The van der Waals surface area contributed by atoms with Gasteiger partial charge >= 0.3 is 12.2 Å². The zero-order valence-corrected chi connectivity index (χ0v) is 17.4. The Morgan fingerprint density at radius 1 is 1.03 bits per heavy atom. The molecule has 1 amide bonds. The van der Waals surface area contributed by atoms with Crippen LogP contribution in [0, 0.1) is 5.92 Å². The molecule has 1 fully saturated rings. The van der Waals surface area contributed by atoms with Crippen molar-refractivity contribution in [2.45, 2.75) is 24.9 Å². The number of hydrogen-bond donors (Lipinski definition) is 2. The molecular weight excluding hydrogens is 461 g/mol. The first-order valence-electron chi connectivity index (χ1n) is 10.1. The predicted octanol–water partition coefficient (Wildman–Crippen LogP) is 4.82. The highest BCUT2D eigenvalue weighted by Gasteiger charge is 2.47. The summed E-state index contributed by atoms with van der Waals surface area (Å²) in [5.41, 5.74) is 5.77. The lowest BCUT2D eigenvalue weighted by molar-refractivity contribution is -0.154. The molecule has 0 saturated heterocycles. The summed E-state index contributed by atoms with van der Waals surface area (Å²) < 4.78 is 71.5. The number of anilines is 2. The quantitative estimate of drug-likeness (QED) is 0.449. The van der Waals surface area contributed by atoms with Crippen LogP contribution in [0.1, 0.15) is 28.8 Å². The maximum atomic E-state index is 14.5. The van der Waals surface area contributed by atoms with Crippen LogP contribution in [0.2, 0.25) is 0 Å². The highest BCUT2D eigenvalue weighted by molar-refractivity contribution is 5.93. The smallest absolute Gasteiger partial charge is 0.422 e. The number of rotatable bonds is 8. The number of nitrogens with zero attached hydrogens (tertiary/aromatic N) is 3. The maximum absolute atomic E-state index is 14.5. The van der Waals surface area contributed by atoms with E-state index in [1.54, 1.807) is 0 Å². The number of nitrogens with two attached hydrogens (primary N) is 1. The average molecular weight is 479 g/mol. The van der Waals surface area contributed by atoms with Crippen molar-refractivity contribution in [1.29, 1.82) is 0 Å². The Hall–Kier alpha value is -3.83. The molecule has 0 atom stereocenters. The van der Waals surface area contributed by atoms with Gasteiger partial charge in [-0.2, -0.15) is 28.1 Å². The van der Waals surface area contributed by atoms with E-state index in [-0.39, 0.29) is 28.6 Å². The van der Waals surface area contributed by atoms with Gasteiger partial charge in [-0.1, -0.05) is 24.3 Å². The molecule has 12 heteroatoms. The molecule has 1 saturated carbocycles. The van der Waals surface area contributed by atoms with Crippen LogP contribution in [-0.4, -0.2) is 33.6 Å². The average Bonchev–Trinajstić information content (AvgIpc) is 3.64. The number of hydrogen-bond acceptors (Lipinski definition) is 6. The third kappa shape index (κ3) is 5.56. The molecule has 178 valence electrons. The highest BCUT2D eigenvalue weighted by Crippen LogP contribution is 2.50. The number of benzene rings is 2. The lowest BCUT2D eigenvalue weighted by Gasteiger charge is -2.17. The van der Waals surface area contributed by atoms with Crippen molar-refractivity contribution in [2.24, 2.45) is 11.7 Å². The van der Waals surface area contributed by atoms with Crippen LogP contribution in [0.5, 0.6) is 6.01 Å². The lowest BCUT2D eigenvalue weighted by Crippen LogP contribution is -2.20. The van der Waals surface area contributed by atoms with Crippen molar-refractivity contribution >= 4 is 17.5 Å². The van der Waals surface area contributed by atoms with Crippen LogP contribution in [-0.2, 0) is 5.92 Å². The second kappa shape index (κ2) is 8.84. The van der Waals surface area contributed by atoms with E-state index in [9.17, 15) is 26.7 Å². The van der Waals surface area contributed by atoms with Gasteiger partial charge in [0, 0.05) is 28.3 Å². The van der Waals surface area contributed by atoms with Gasteiger partial charge in [-0.05, 0) is 37.1 Å². The SMILES string of the molecule is NC(=O)c1ccc(-c2nc(Nc3cccc(C(F)(F)C4CC4)c3)nc(OCC(F)(F)F)n2)cc1. The van der Waals surface area contributed by atoms with Crippen molar-refractivity contribution < 1.29 is 31.5 Å². The van der Waals surface area contributed by atoms with E-state index in [0.717, 1.165) is 0 Å². The van der Waals surface area contributed by atoms with E-state index >= 15 is 0 Å². The Balaban J connectivity index is 1.66. The number of carbonyl (C=O) groups excluding carboxylic acids is 1. The third-order valence-corrected chi connectivity index (χ3v) is 5.00. The minimum absolute atomic E-state index is 0.0647. The molecule has 1 aromatic heterocycles. The summed E-state index contributed by atoms with van der Waals surface area (Å²) in [5, 5.41) is 2.72. The molecule has 1 aliphatic carbocycles. The van der Waals surface area contributed by atoms with Gasteiger partial charge in [0.05, 0.1) is 0 Å². The minimum Gasteiger partial charge on any atom is -0.454 e. The number of halogens is 5. The van der Waals surface area contributed by atoms with Crippen molar-refractivity contribution in [3.63, 3.8) is 0 Å². The van der Waals surface area contributed by atoms with Gasteiger partial charge < -0.3 is 15.8 Å². The number of nitrogens with one attached hydrogen (secondary N) is 1. The number of alkyl halides is 5. The molecule has 3 aromatic rings. The zero-order valence-electron chi connectivity index (χ0n) is 17.4. The Labute approximate surface area is 190 Å². The summed E-state index contributed by atoms with van der Waals surface area (Å²) in [6, 6.07) is 10.5. The van der Waals surface area contributed by atoms with E-state index in [1.165, 1.54) is 48.5 Å². The van der Waals surface area contributed by atoms with Crippen LogP contribution < -0.4 is 15.8 Å². The molecule has 1 heterocycles. The van der Waals surface area contributed by atoms with Crippen LogP contribution in [0.3, 0.4) is 0 Å². The van der Waals surface area contributed by atoms with E-state index < -0.39 is 36.5 Å². The summed E-state index contributed by atoms with van der Waals surface area (Å²) in [6.45, 7) is -1.64. The summed E-state index contributed by atoms with van der Waals surface area (Å²) in [6.07, 6.45) is -3.75. The van der Waals surface area contributed by atoms with E-state index in [1.807, 2.05) is 0 Å². The van der Waals surface area contributed by atoms with Crippen molar-refractivity contribution in [3.05, 3.63) is 59.7 Å². The standard InChI is InChI=1S/C22H18F5N5O2/c23-21(24,25)11-34-20-31-18(13-6-4-12(5-7-13)17(28)33)30-19(32-20)29-16-3-1-2-15(10-16)22(26,27)14-8-9-14/h1-7,10,14H,8-9,11H2,(H2,28,33)(H,29,30,31,32). The topological polar surface area (TPSA) is 103 Å². The molecule has 0 spiro atoms. The molecule has 1 aliphatic rings. The Kier molecular flexibility index (Phi) is 6.07. The minimum atomic E-state index is -4.63. The fourth-order valence-electron chi connectivity index (χ4n) is 3.15. The zero-order chi connectivity index (χ0) is 24.5.